The minimum absolute atomic E-state index is 0.0121. The fourth-order valence-corrected chi connectivity index (χ4v) is 3.06. The van der Waals surface area contributed by atoms with Crippen LogP contribution in [0.3, 0.4) is 0 Å². The third-order valence-electron chi connectivity index (χ3n) is 3.15. The van der Waals surface area contributed by atoms with Gasteiger partial charge in [-0.3, -0.25) is 4.79 Å². The van der Waals surface area contributed by atoms with E-state index in [2.05, 4.69) is 19.2 Å². The summed E-state index contributed by atoms with van der Waals surface area (Å²) in [5.74, 6) is 2.34. The molecular weight excluding hydrogens is 234 g/mol. The second-order valence-electron chi connectivity index (χ2n) is 5.26. The molecule has 0 heterocycles. The summed E-state index contributed by atoms with van der Waals surface area (Å²) < 4.78 is 0. The van der Waals surface area contributed by atoms with Gasteiger partial charge in [0.15, 0.2) is 0 Å². The van der Waals surface area contributed by atoms with Crippen molar-refractivity contribution in [1.82, 2.24) is 5.32 Å². The average molecular weight is 259 g/mol. The zero-order chi connectivity index (χ0) is 12.7. The Bertz CT molecular complexity index is 233. The second kappa shape index (κ2) is 7.98. The number of rotatable bonds is 6. The van der Waals surface area contributed by atoms with E-state index in [1.807, 2.05) is 0 Å². The molecule has 17 heavy (non-hydrogen) atoms. The molecule has 100 valence electrons. The molecule has 0 aromatic rings. The number of carbonyl (C=O) groups excluding carboxylic acids is 1. The first kappa shape index (κ1) is 14.8. The van der Waals surface area contributed by atoms with Crippen LogP contribution in [0.1, 0.15) is 46.0 Å². The number of aliphatic hydroxyl groups is 1. The quantitative estimate of drug-likeness (QED) is 0.719. The Balaban J connectivity index is 2.11. The zero-order valence-electron chi connectivity index (χ0n) is 10.9. The molecule has 1 rings (SSSR count). The van der Waals surface area contributed by atoms with Gasteiger partial charge in [0.05, 0.1) is 17.9 Å². The maximum atomic E-state index is 11.7. The van der Waals surface area contributed by atoms with Crippen LogP contribution in [0.25, 0.3) is 0 Å². The first-order chi connectivity index (χ1) is 8.09. The van der Waals surface area contributed by atoms with E-state index in [4.69, 9.17) is 0 Å². The third kappa shape index (κ3) is 6.32. The minimum Gasteiger partial charge on any atom is -0.391 e. The topological polar surface area (TPSA) is 49.3 Å². The predicted octanol–water partition coefficient (Wildman–Crippen LogP) is 2.19. The highest BCUT2D eigenvalue weighted by Crippen LogP contribution is 2.18. The van der Waals surface area contributed by atoms with Gasteiger partial charge < -0.3 is 10.4 Å². The summed E-state index contributed by atoms with van der Waals surface area (Å²) in [5, 5.41) is 12.7. The third-order valence-corrected chi connectivity index (χ3v) is 4.14. The Morgan fingerprint density at radius 3 is 2.76 bits per heavy atom. The highest BCUT2D eigenvalue weighted by Gasteiger charge is 2.24. The monoisotopic (exact) mass is 259 g/mol. The van der Waals surface area contributed by atoms with Crippen molar-refractivity contribution in [2.75, 3.05) is 11.5 Å². The van der Waals surface area contributed by atoms with Crippen LogP contribution in [0.4, 0.5) is 0 Å². The maximum absolute atomic E-state index is 11.7. The van der Waals surface area contributed by atoms with Gasteiger partial charge in [-0.2, -0.15) is 11.8 Å². The average Bonchev–Trinajstić information content (AvgIpc) is 2.27. The summed E-state index contributed by atoms with van der Waals surface area (Å²) >= 11 is 1.69. The Morgan fingerprint density at radius 2 is 2.12 bits per heavy atom. The van der Waals surface area contributed by atoms with Gasteiger partial charge in [-0.15, -0.1) is 0 Å². The molecule has 1 aliphatic carbocycles. The zero-order valence-corrected chi connectivity index (χ0v) is 11.8. The van der Waals surface area contributed by atoms with E-state index in [1.165, 1.54) is 0 Å². The fourth-order valence-electron chi connectivity index (χ4n) is 2.01. The number of thioether (sulfide) groups is 1. The molecule has 1 aliphatic rings. The Hall–Kier alpha value is -0.220. The van der Waals surface area contributed by atoms with Crippen molar-refractivity contribution in [3.8, 4) is 0 Å². The molecule has 2 atom stereocenters. The molecule has 4 heteroatoms. The lowest BCUT2D eigenvalue weighted by Gasteiger charge is -2.28. The van der Waals surface area contributed by atoms with E-state index in [9.17, 15) is 9.90 Å². The number of hydrogen-bond acceptors (Lipinski definition) is 3. The van der Waals surface area contributed by atoms with E-state index < -0.39 is 0 Å². The standard InChI is InChI=1S/C13H25NO2S/c1-10(2)7-8-17-9-13(16)14-11-5-3-4-6-12(11)15/h10-12,15H,3-9H2,1-2H3,(H,14,16). The van der Waals surface area contributed by atoms with Crippen LogP contribution in [-0.4, -0.2) is 34.7 Å². The van der Waals surface area contributed by atoms with Crippen molar-refractivity contribution in [1.29, 1.82) is 0 Å². The van der Waals surface area contributed by atoms with Gasteiger partial charge in [-0.05, 0) is 30.9 Å². The summed E-state index contributed by atoms with van der Waals surface area (Å²) in [6.45, 7) is 4.39. The summed E-state index contributed by atoms with van der Waals surface area (Å²) in [6, 6.07) is -0.0121. The summed E-state index contributed by atoms with van der Waals surface area (Å²) in [6.07, 6.45) is 4.76. The Kier molecular flexibility index (Phi) is 6.97. The summed E-state index contributed by atoms with van der Waals surface area (Å²) in [7, 11) is 0. The van der Waals surface area contributed by atoms with Crippen molar-refractivity contribution >= 4 is 17.7 Å². The van der Waals surface area contributed by atoms with Gasteiger partial charge in [0, 0.05) is 0 Å². The van der Waals surface area contributed by atoms with E-state index in [0.29, 0.717) is 11.7 Å². The molecule has 2 N–H and O–H groups in total. The number of amides is 1. The maximum Gasteiger partial charge on any atom is 0.230 e. The van der Waals surface area contributed by atoms with Gasteiger partial charge >= 0.3 is 0 Å². The molecular formula is C13H25NO2S. The van der Waals surface area contributed by atoms with E-state index in [-0.39, 0.29) is 18.1 Å². The van der Waals surface area contributed by atoms with E-state index >= 15 is 0 Å². The van der Waals surface area contributed by atoms with Crippen molar-refractivity contribution in [3.63, 3.8) is 0 Å². The first-order valence-electron chi connectivity index (χ1n) is 6.64. The van der Waals surface area contributed by atoms with Crippen LogP contribution < -0.4 is 5.32 Å². The molecule has 0 spiro atoms. The summed E-state index contributed by atoms with van der Waals surface area (Å²) in [4.78, 5) is 11.7. The molecule has 0 radical (unpaired) electrons. The molecule has 1 amide bonds. The van der Waals surface area contributed by atoms with Gasteiger partial charge in [-0.25, -0.2) is 0 Å². The highest BCUT2D eigenvalue weighted by molar-refractivity contribution is 7.99. The van der Waals surface area contributed by atoms with Crippen molar-refractivity contribution < 1.29 is 9.90 Å². The van der Waals surface area contributed by atoms with Gasteiger partial charge in [0.1, 0.15) is 0 Å². The Morgan fingerprint density at radius 1 is 1.41 bits per heavy atom. The SMILES string of the molecule is CC(C)CCSCC(=O)NC1CCCCC1O. The number of nitrogens with one attached hydrogen (secondary N) is 1. The molecule has 3 nitrogen and oxygen atoms in total. The van der Waals surface area contributed by atoms with Crippen LogP contribution in [0, 0.1) is 5.92 Å². The molecule has 0 aromatic carbocycles. The summed E-state index contributed by atoms with van der Waals surface area (Å²) in [5.41, 5.74) is 0. The number of hydrogen-bond donors (Lipinski definition) is 2. The van der Waals surface area contributed by atoms with Gasteiger partial charge in [0.25, 0.3) is 0 Å². The molecule has 0 aromatic heterocycles. The molecule has 0 saturated heterocycles. The molecule has 0 aliphatic heterocycles. The number of carbonyl (C=O) groups is 1. The van der Waals surface area contributed by atoms with Crippen LogP contribution in [0.15, 0.2) is 0 Å². The van der Waals surface area contributed by atoms with Gasteiger partial charge in [0.2, 0.25) is 5.91 Å². The lowest BCUT2D eigenvalue weighted by molar-refractivity contribution is -0.120. The van der Waals surface area contributed by atoms with Crippen LogP contribution in [0.5, 0.6) is 0 Å². The smallest absolute Gasteiger partial charge is 0.230 e. The predicted molar refractivity (Wildman–Crippen MR) is 73.2 cm³/mol. The minimum atomic E-state index is -0.339. The van der Waals surface area contributed by atoms with Crippen LogP contribution in [0.2, 0.25) is 0 Å². The van der Waals surface area contributed by atoms with Crippen molar-refractivity contribution in [3.05, 3.63) is 0 Å². The largest absolute Gasteiger partial charge is 0.391 e. The Labute approximate surface area is 109 Å². The first-order valence-corrected chi connectivity index (χ1v) is 7.80. The van der Waals surface area contributed by atoms with E-state index in [0.717, 1.165) is 37.9 Å². The lowest BCUT2D eigenvalue weighted by Crippen LogP contribution is -2.45. The lowest BCUT2D eigenvalue weighted by atomic mass is 9.93. The molecule has 2 unspecified atom stereocenters. The van der Waals surface area contributed by atoms with E-state index in [1.54, 1.807) is 11.8 Å². The van der Waals surface area contributed by atoms with Crippen LogP contribution >= 0.6 is 11.8 Å². The highest BCUT2D eigenvalue weighted by atomic mass is 32.2. The van der Waals surface area contributed by atoms with Gasteiger partial charge in [-0.1, -0.05) is 26.7 Å². The molecule has 1 saturated carbocycles. The van der Waals surface area contributed by atoms with Crippen molar-refractivity contribution in [2.24, 2.45) is 5.92 Å². The number of aliphatic hydroxyl groups excluding tert-OH is 1. The van der Waals surface area contributed by atoms with Crippen LogP contribution in [-0.2, 0) is 4.79 Å². The van der Waals surface area contributed by atoms with Crippen molar-refractivity contribution in [2.45, 2.75) is 58.1 Å². The fraction of sp³-hybridized carbons (Fsp3) is 0.923. The second-order valence-corrected chi connectivity index (χ2v) is 6.37. The normalized spacial score (nSPS) is 24.9. The molecule has 0 bridgehead atoms. The molecule has 1 fully saturated rings.